The lowest BCUT2D eigenvalue weighted by atomic mass is 9.89. The molecular weight excluding hydrogens is 1790 g/mol. The van der Waals surface area contributed by atoms with Crippen LogP contribution >= 0.6 is 0 Å². The van der Waals surface area contributed by atoms with Gasteiger partial charge in [0.05, 0.1) is 103 Å². The highest BCUT2D eigenvalue weighted by Gasteiger charge is 2.43. The van der Waals surface area contributed by atoms with Gasteiger partial charge in [-0.05, 0) is 376 Å². The second-order valence-corrected chi connectivity index (χ2v) is 43.0. The number of H-pyrrole nitrogens is 5. The summed E-state index contributed by atoms with van der Waals surface area (Å²) in [6, 6.07) is 41.7. The van der Waals surface area contributed by atoms with Crippen LogP contribution in [-0.2, 0) is 12.8 Å². The number of nitrogens with one attached hydrogen (secondary N) is 5. The fourth-order valence-electron chi connectivity index (χ4n) is 23.4. The van der Waals surface area contributed by atoms with E-state index in [9.17, 15) is 0 Å². The molecule has 9 aliphatic carbocycles. The third-order valence-electron chi connectivity index (χ3n) is 32.0. The van der Waals surface area contributed by atoms with Crippen molar-refractivity contribution in [2.24, 2.45) is 32.7 Å². The highest BCUT2D eigenvalue weighted by atomic mass is 16.5. The van der Waals surface area contributed by atoms with Crippen LogP contribution in [0.3, 0.4) is 0 Å². The number of fused-ring (bicyclic) bond motifs is 6. The van der Waals surface area contributed by atoms with Crippen molar-refractivity contribution < 1.29 is 22.6 Å². The molecule has 144 heavy (non-hydrogen) atoms. The molecular formula is C120H121N19O5. The maximum atomic E-state index is 5.51. The molecule has 12 aliphatic rings. The van der Waals surface area contributed by atoms with Gasteiger partial charge in [0.1, 0.15) is 63.4 Å². The van der Waals surface area contributed by atoms with Gasteiger partial charge in [0.2, 0.25) is 0 Å². The zero-order valence-corrected chi connectivity index (χ0v) is 84.7. The molecule has 24 nitrogen and oxygen atoms in total. The Kier molecular flexibility index (Phi) is 21.9. The summed E-state index contributed by atoms with van der Waals surface area (Å²) < 4.78 is 29.7. The predicted octanol–water partition coefficient (Wildman–Crippen LogP) is 28.6. The summed E-state index contributed by atoms with van der Waals surface area (Å²) in [5, 5.41) is 20.9. The first-order valence-corrected chi connectivity index (χ1v) is 52.5. The Hall–Kier alpha value is -14.6. The van der Waals surface area contributed by atoms with Crippen LogP contribution < -0.4 is 0 Å². The second-order valence-electron chi connectivity index (χ2n) is 43.0. The van der Waals surface area contributed by atoms with Crippen molar-refractivity contribution in [1.29, 1.82) is 0 Å². The Morgan fingerprint density at radius 2 is 0.632 bits per heavy atom. The average Bonchev–Trinajstić information content (AvgIpc) is 1.58. The Bertz CT molecular complexity index is 8370. The number of rotatable bonds is 19. The molecule has 0 atom stereocenters. The minimum Gasteiger partial charge on any atom is -0.361 e. The molecule has 14 heterocycles. The van der Waals surface area contributed by atoms with Crippen LogP contribution in [0.25, 0.3) is 150 Å². The number of hydrogen-bond donors (Lipinski definition) is 5. The summed E-state index contributed by atoms with van der Waals surface area (Å²) in [6.07, 6.45) is 27.2. The van der Waals surface area contributed by atoms with E-state index in [0.717, 1.165) is 234 Å². The van der Waals surface area contributed by atoms with Crippen molar-refractivity contribution >= 4 is 94.6 Å². The lowest BCUT2D eigenvalue weighted by molar-refractivity contribution is 0.393. The summed E-state index contributed by atoms with van der Waals surface area (Å²) in [5.41, 5.74) is 52.3. The van der Waals surface area contributed by atoms with Gasteiger partial charge in [0.25, 0.3) is 0 Å². The first kappa shape index (κ1) is 89.5. The van der Waals surface area contributed by atoms with Crippen molar-refractivity contribution in [2.75, 3.05) is 19.6 Å². The van der Waals surface area contributed by atoms with Crippen molar-refractivity contribution in [3.05, 3.63) is 264 Å². The van der Waals surface area contributed by atoms with Gasteiger partial charge in [-0.2, -0.15) is 0 Å². The van der Waals surface area contributed by atoms with E-state index in [2.05, 4.69) is 204 Å². The number of aryl methyl sites for hydroxylation is 13. The quantitative estimate of drug-likeness (QED) is 0.0502. The second kappa shape index (κ2) is 35.2. The van der Waals surface area contributed by atoms with Gasteiger partial charge in [-0.1, -0.05) is 74.3 Å². The Morgan fingerprint density at radius 1 is 0.292 bits per heavy atom. The average molecular weight is 1910 g/mol. The van der Waals surface area contributed by atoms with Crippen LogP contribution in [0.4, 0.5) is 0 Å². The number of benzene rings is 7. The van der Waals surface area contributed by atoms with Crippen LogP contribution in [0.5, 0.6) is 0 Å². The number of aliphatic imine (C=N–C) groups is 3. The van der Waals surface area contributed by atoms with E-state index >= 15 is 0 Å². The van der Waals surface area contributed by atoms with E-state index in [1.807, 2.05) is 69.2 Å². The van der Waals surface area contributed by atoms with Gasteiger partial charge in [-0.15, -0.1) is 0 Å². The van der Waals surface area contributed by atoms with Crippen LogP contribution in [0, 0.1) is 101 Å². The molecule has 3 aliphatic heterocycles. The van der Waals surface area contributed by atoms with Gasteiger partial charge in [-0.3, -0.25) is 15.0 Å². The number of aromatic nitrogens is 16. The van der Waals surface area contributed by atoms with Gasteiger partial charge >= 0.3 is 0 Å². The monoisotopic (exact) mass is 1910 g/mol. The standard InChI is InChI=1S/C26H24N4O.C25H26N4O.2C23H24N4O.C23H23N3O/c1-14-24(21(13-27-14)17-7-5-4-6-8-17)20-11-19(23-15(2)30-31-16(23)3)12-22-25(20)29-26(28-22)18-9-10-18;1-12-21(13(2)30-29-12)17-9-18(24-20(10-17)27-25(28-24)16-7-8-16)22-19(14-3-4-14)11-26-23(22)15-5-6-15;1-11-21(18(10-24-11)14-4-5-14)17-8-16(20-12(2)27-28-13(20)3)9-19-22(17)26-23(25-19)15-6-7-15;1-13-21(14(2)28-26-13)17-11-18-22(25-23(24-18)16-7-8-16)20(12-17)27-10-9-15-5-3-4-6-19(15)27;1-12-6-5-7-13(2)20(12)18-10-17(21-14(3)26-27-15(21)4)11-19-22(18)25-23(24-19)16-8-9-16/h4-8,11-12,18H,9-10,13H2,1-3H3,(H,28,29);9-10,14-16H,3-8,11H2,1-2H3,(H,27,28);8-9,14-15H,4-7,10H2,1-3H3,(H,25,26);9-12,16H,3-8H2,1-2H3,(H,24,25);5-7,10-11,16H,8-9H2,1-4H3,(H,24,25). The zero-order chi connectivity index (χ0) is 97.6. The first-order chi connectivity index (χ1) is 70.1. The molecule has 5 N–H and O–H groups in total. The Balaban J connectivity index is 0.0000000919. The molecule has 726 valence electrons. The van der Waals surface area contributed by atoms with E-state index in [0.29, 0.717) is 48.0 Å². The van der Waals surface area contributed by atoms with Crippen molar-refractivity contribution in [3.63, 3.8) is 0 Å². The number of nitrogens with zero attached hydrogens (tertiary/aromatic N) is 14. The van der Waals surface area contributed by atoms with E-state index in [-0.39, 0.29) is 0 Å². The van der Waals surface area contributed by atoms with E-state index in [1.54, 1.807) is 5.57 Å². The van der Waals surface area contributed by atoms with Crippen molar-refractivity contribution in [2.45, 2.75) is 255 Å². The molecule has 11 aromatic heterocycles. The number of hydrogen-bond acceptors (Lipinski definition) is 18. The minimum absolute atomic E-state index is 0.559. The van der Waals surface area contributed by atoms with Crippen molar-refractivity contribution in [3.8, 4) is 72.4 Å². The third-order valence-corrected chi connectivity index (χ3v) is 32.0. The first-order valence-electron chi connectivity index (χ1n) is 52.5. The molecule has 7 aromatic carbocycles. The fourth-order valence-corrected chi connectivity index (χ4v) is 23.4. The summed E-state index contributed by atoms with van der Waals surface area (Å²) >= 11 is 0. The van der Waals surface area contributed by atoms with Crippen LogP contribution in [0.2, 0.25) is 0 Å². The number of allylic oxidation sites excluding steroid dienone is 3. The molecule has 0 saturated heterocycles. The number of imidazole rings is 5. The zero-order valence-electron chi connectivity index (χ0n) is 84.7. The van der Waals surface area contributed by atoms with E-state index in [4.69, 9.17) is 62.5 Å². The maximum Gasteiger partial charge on any atom is 0.141 e. The highest BCUT2D eigenvalue weighted by Crippen LogP contribution is 2.54. The minimum atomic E-state index is 0.559. The largest absolute Gasteiger partial charge is 0.361 e. The lowest BCUT2D eigenvalue weighted by Crippen LogP contribution is -2.07. The molecule has 18 aromatic rings. The Morgan fingerprint density at radius 3 is 1.03 bits per heavy atom. The molecule has 0 amide bonds. The molecule has 8 saturated carbocycles. The van der Waals surface area contributed by atoms with Gasteiger partial charge in [0.15, 0.2) is 0 Å². The van der Waals surface area contributed by atoms with Gasteiger partial charge in [-0.25, -0.2) is 24.9 Å². The molecule has 0 radical (unpaired) electrons. The lowest BCUT2D eigenvalue weighted by Gasteiger charge is -2.17. The normalized spacial score (nSPS) is 17.8. The molecule has 30 rings (SSSR count). The summed E-state index contributed by atoms with van der Waals surface area (Å²) in [4.78, 5) is 58.0. The maximum absolute atomic E-state index is 5.51. The van der Waals surface area contributed by atoms with Crippen LogP contribution in [0.15, 0.2) is 170 Å². The summed E-state index contributed by atoms with van der Waals surface area (Å²) in [7, 11) is 0. The van der Waals surface area contributed by atoms with E-state index in [1.165, 1.54) is 217 Å². The third kappa shape index (κ3) is 16.5. The number of aromatic amines is 5. The van der Waals surface area contributed by atoms with Crippen LogP contribution in [0.1, 0.15) is 290 Å². The Labute approximate surface area is 835 Å². The smallest absolute Gasteiger partial charge is 0.141 e. The molecule has 8 fully saturated rings. The van der Waals surface area contributed by atoms with E-state index < -0.39 is 0 Å². The summed E-state index contributed by atoms with van der Waals surface area (Å²) in [6.45, 7) is 31.0. The molecule has 0 spiro atoms. The highest BCUT2D eigenvalue weighted by molar-refractivity contribution is 6.34. The molecule has 24 heteroatoms. The predicted molar refractivity (Wildman–Crippen MR) is 570 cm³/mol. The SMILES string of the molecule is CC1=NCC(C2CC2)=C1c1cc(-c2c(C)noc2C)cc2[nH]c(C3CC3)nc12.CC1=NCC(c2ccccc2)=C1c1cc(-c2c(C)noc2C)cc2[nH]c(C3CC3)nc12.Cc1cccc(C)c1-c1cc(-c2c(C)noc2C)cc2[nH]c(C3CC3)nc12.Cc1noc(C)c1-c1cc(-n2ccc3c2CCCC3)c2nc(C3CC3)[nH]c2c1.Cc1noc(C)c1-c1cc(C2=C(C3CC3)CN=C2C2CC2)c2nc(C3CC3)[nH]c2c1. The topological polar surface area (TPSA) is 316 Å². The van der Waals surface area contributed by atoms with Crippen LogP contribution in [-0.4, -0.2) is 117 Å². The molecule has 0 bridgehead atoms. The molecule has 0 unspecified atom stereocenters. The fraction of sp³-hybridized carbons (Fsp3) is 0.375. The van der Waals surface area contributed by atoms with Crippen molar-refractivity contribution in [1.82, 2.24) is 80.2 Å². The van der Waals surface area contributed by atoms with Gasteiger partial charge in [0, 0.05) is 131 Å². The van der Waals surface area contributed by atoms with Gasteiger partial charge < -0.3 is 52.1 Å². The summed E-state index contributed by atoms with van der Waals surface area (Å²) in [5.74, 6) is 14.9.